The van der Waals surface area contributed by atoms with E-state index in [4.69, 9.17) is 0 Å². The van der Waals surface area contributed by atoms with Crippen molar-refractivity contribution in [3.05, 3.63) is 18.2 Å². The first-order valence-corrected chi connectivity index (χ1v) is 7.25. The second kappa shape index (κ2) is 5.41. The first kappa shape index (κ1) is 12.2. The third kappa shape index (κ3) is 2.45. The van der Waals surface area contributed by atoms with Gasteiger partial charge in [-0.2, -0.15) is 0 Å². The summed E-state index contributed by atoms with van der Waals surface area (Å²) in [5.74, 6) is 0.667. The lowest BCUT2D eigenvalue weighted by Gasteiger charge is -2.30. The van der Waals surface area contributed by atoms with E-state index in [-0.39, 0.29) is 6.10 Å². The number of aromatic nitrogens is 2. The van der Waals surface area contributed by atoms with Crippen LogP contribution in [-0.2, 0) is 0 Å². The summed E-state index contributed by atoms with van der Waals surface area (Å²) in [5, 5.41) is 13.0. The maximum absolute atomic E-state index is 9.61. The van der Waals surface area contributed by atoms with E-state index in [2.05, 4.69) is 21.1 Å². The lowest BCUT2D eigenvalue weighted by Crippen LogP contribution is -2.29. The highest BCUT2D eigenvalue weighted by Crippen LogP contribution is 2.33. The van der Waals surface area contributed by atoms with E-state index >= 15 is 0 Å². The molecule has 0 atom stereocenters. The largest absolute Gasteiger partial charge is 0.393 e. The van der Waals surface area contributed by atoms with E-state index in [0.29, 0.717) is 12.0 Å². The Hall–Kier alpha value is -0.870. The first-order valence-electron chi connectivity index (χ1n) is 7.25. The molecular weight excluding hydrogens is 226 g/mol. The summed E-state index contributed by atoms with van der Waals surface area (Å²) in [5.41, 5.74) is 1.41. The van der Waals surface area contributed by atoms with Crippen molar-refractivity contribution in [3.63, 3.8) is 0 Å². The Morgan fingerprint density at radius 3 is 2.56 bits per heavy atom. The maximum Gasteiger partial charge on any atom is 0.0950 e. The molecule has 2 fully saturated rings. The van der Waals surface area contributed by atoms with Gasteiger partial charge in [0.05, 0.1) is 12.4 Å². The molecule has 2 aliphatic rings. The molecule has 1 aliphatic heterocycles. The van der Waals surface area contributed by atoms with Gasteiger partial charge < -0.3 is 15.0 Å². The van der Waals surface area contributed by atoms with Crippen LogP contribution in [0.5, 0.6) is 0 Å². The minimum Gasteiger partial charge on any atom is -0.393 e. The van der Waals surface area contributed by atoms with Gasteiger partial charge in [-0.3, -0.25) is 0 Å². The summed E-state index contributed by atoms with van der Waals surface area (Å²) in [4.78, 5) is 4.37. The standard InChI is InChI=1S/C14H23N3O/c18-13-3-1-12(2-4-13)17-10-16-9-14(17)11-5-7-15-8-6-11/h9-13,15,18H,1-8H2. The van der Waals surface area contributed by atoms with Crippen molar-refractivity contribution in [1.29, 1.82) is 0 Å². The molecule has 18 heavy (non-hydrogen) atoms. The number of rotatable bonds is 2. The van der Waals surface area contributed by atoms with E-state index in [9.17, 15) is 5.11 Å². The highest BCUT2D eigenvalue weighted by molar-refractivity contribution is 5.09. The monoisotopic (exact) mass is 249 g/mol. The van der Waals surface area contributed by atoms with Gasteiger partial charge in [0.1, 0.15) is 0 Å². The Labute approximate surface area is 108 Å². The predicted molar refractivity (Wildman–Crippen MR) is 70.6 cm³/mol. The van der Waals surface area contributed by atoms with Gasteiger partial charge in [-0.1, -0.05) is 0 Å². The fraction of sp³-hybridized carbons (Fsp3) is 0.786. The molecule has 1 aromatic rings. The SMILES string of the molecule is OC1CCC(n2cncc2C2CCNCC2)CC1. The molecule has 2 heterocycles. The predicted octanol–water partition coefficient (Wildman–Crippen LogP) is 1.83. The van der Waals surface area contributed by atoms with E-state index in [1.54, 1.807) is 0 Å². The number of hydrogen-bond acceptors (Lipinski definition) is 3. The van der Waals surface area contributed by atoms with Crippen LogP contribution in [0.3, 0.4) is 0 Å². The number of imidazole rings is 1. The third-order valence-corrected chi connectivity index (χ3v) is 4.51. The van der Waals surface area contributed by atoms with Crippen LogP contribution < -0.4 is 5.32 Å². The quantitative estimate of drug-likeness (QED) is 0.840. The Morgan fingerprint density at radius 1 is 1.11 bits per heavy atom. The molecular formula is C14H23N3O. The molecule has 0 unspecified atom stereocenters. The summed E-state index contributed by atoms with van der Waals surface area (Å²) in [7, 11) is 0. The van der Waals surface area contributed by atoms with Crippen LogP contribution in [0, 0.1) is 0 Å². The van der Waals surface area contributed by atoms with E-state index in [1.807, 2.05) is 6.33 Å². The van der Waals surface area contributed by atoms with Gasteiger partial charge in [0, 0.05) is 23.9 Å². The topological polar surface area (TPSA) is 50.1 Å². The van der Waals surface area contributed by atoms with Gasteiger partial charge in [-0.25, -0.2) is 4.98 Å². The molecule has 100 valence electrons. The highest BCUT2D eigenvalue weighted by atomic mass is 16.3. The van der Waals surface area contributed by atoms with Crippen molar-refractivity contribution in [2.24, 2.45) is 0 Å². The molecule has 1 aromatic heterocycles. The Bertz CT molecular complexity index is 376. The third-order valence-electron chi connectivity index (χ3n) is 4.51. The number of nitrogens with one attached hydrogen (secondary N) is 1. The second-order valence-corrected chi connectivity index (χ2v) is 5.71. The zero-order chi connectivity index (χ0) is 12.4. The zero-order valence-electron chi connectivity index (χ0n) is 10.9. The molecule has 0 aromatic carbocycles. The van der Waals surface area contributed by atoms with Crippen molar-refractivity contribution in [1.82, 2.24) is 14.9 Å². The normalized spacial score (nSPS) is 30.5. The van der Waals surface area contributed by atoms with Crippen LogP contribution in [0.1, 0.15) is 56.2 Å². The van der Waals surface area contributed by atoms with Crippen LogP contribution >= 0.6 is 0 Å². The van der Waals surface area contributed by atoms with E-state index in [1.165, 1.54) is 18.5 Å². The fourth-order valence-electron chi connectivity index (χ4n) is 3.39. The van der Waals surface area contributed by atoms with Crippen LogP contribution in [-0.4, -0.2) is 33.9 Å². The highest BCUT2D eigenvalue weighted by Gasteiger charge is 2.25. The number of aliphatic hydroxyl groups is 1. The lowest BCUT2D eigenvalue weighted by atomic mass is 9.90. The molecule has 4 nitrogen and oxygen atoms in total. The van der Waals surface area contributed by atoms with Crippen molar-refractivity contribution in [3.8, 4) is 0 Å². The van der Waals surface area contributed by atoms with Crippen molar-refractivity contribution < 1.29 is 5.11 Å². The molecule has 1 aliphatic carbocycles. The fourth-order valence-corrected chi connectivity index (χ4v) is 3.39. The Balaban J connectivity index is 1.74. The van der Waals surface area contributed by atoms with Gasteiger partial charge >= 0.3 is 0 Å². The molecule has 2 N–H and O–H groups in total. The summed E-state index contributed by atoms with van der Waals surface area (Å²) in [6.45, 7) is 2.25. The first-order chi connectivity index (χ1) is 8.84. The summed E-state index contributed by atoms with van der Waals surface area (Å²) >= 11 is 0. The molecule has 3 rings (SSSR count). The van der Waals surface area contributed by atoms with Gasteiger partial charge in [0.25, 0.3) is 0 Å². The van der Waals surface area contributed by atoms with Crippen LogP contribution in [0.15, 0.2) is 12.5 Å². The summed E-state index contributed by atoms with van der Waals surface area (Å²) in [6, 6.07) is 0.556. The van der Waals surface area contributed by atoms with Crippen molar-refractivity contribution >= 4 is 0 Å². The van der Waals surface area contributed by atoms with Gasteiger partial charge in [-0.05, 0) is 51.6 Å². The molecule has 0 spiro atoms. The minimum absolute atomic E-state index is 0.0768. The Kier molecular flexibility index (Phi) is 3.66. The van der Waals surface area contributed by atoms with Crippen LogP contribution in [0.4, 0.5) is 0 Å². The second-order valence-electron chi connectivity index (χ2n) is 5.71. The minimum atomic E-state index is -0.0768. The Morgan fingerprint density at radius 2 is 1.83 bits per heavy atom. The van der Waals surface area contributed by atoms with Crippen molar-refractivity contribution in [2.75, 3.05) is 13.1 Å². The molecule has 1 saturated carbocycles. The van der Waals surface area contributed by atoms with Crippen molar-refractivity contribution in [2.45, 2.75) is 56.6 Å². The summed E-state index contributed by atoms with van der Waals surface area (Å²) < 4.78 is 2.39. The van der Waals surface area contributed by atoms with E-state index in [0.717, 1.165) is 38.8 Å². The average molecular weight is 249 g/mol. The number of nitrogens with zero attached hydrogens (tertiary/aromatic N) is 2. The lowest BCUT2D eigenvalue weighted by molar-refractivity contribution is 0.109. The maximum atomic E-state index is 9.61. The smallest absolute Gasteiger partial charge is 0.0950 e. The average Bonchev–Trinajstić information content (AvgIpc) is 2.90. The molecule has 0 amide bonds. The molecule has 0 radical (unpaired) electrons. The van der Waals surface area contributed by atoms with Crippen LogP contribution in [0.2, 0.25) is 0 Å². The number of piperidine rings is 1. The molecule has 1 saturated heterocycles. The number of hydrogen-bond donors (Lipinski definition) is 2. The number of aliphatic hydroxyl groups excluding tert-OH is 1. The molecule has 0 bridgehead atoms. The zero-order valence-corrected chi connectivity index (χ0v) is 10.9. The van der Waals surface area contributed by atoms with Gasteiger partial charge in [0.15, 0.2) is 0 Å². The van der Waals surface area contributed by atoms with Crippen LogP contribution in [0.25, 0.3) is 0 Å². The summed E-state index contributed by atoms with van der Waals surface area (Å²) in [6.07, 6.45) is 10.5. The van der Waals surface area contributed by atoms with Gasteiger partial charge in [-0.15, -0.1) is 0 Å². The molecule has 4 heteroatoms. The van der Waals surface area contributed by atoms with Gasteiger partial charge in [0.2, 0.25) is 0 Å². The van der Waals surface area contributed by atoms with E-state index < -0.39 is 0 Å².